The zero-order chi connectivity index (χ0) is 14.7. The third-order valence-electron chi connectivity index (χ3n) is 3.10. The Morgan fingerprint density at radius 2 is 1.85 bits per heavy atom. The van der Waals surface area contributed by atoms with Crippen molar-refractivity contribution >= 4 is 5.91 Å². The van der Waals surface area contributed by atoms with Crippen molar-refractivity contribution in [2.45, 2.75) is 20.4 Å². The van der Waals surface area contributed by atoms with E-state index in [9.17, 15) is 4.79 Å². The van der Waals surface area contributed by atoms with Gasteiger partial charge < -0.3 is 16.2 Å². The summed E-state index contributed by atoms with van der Waals surface area (Å²) in [6, 6.07) is 6.48. The summed E-state index contributed by atoms with van der Waals surface area (Å²) in [5, 5.41) is 8.04. The van der Waals surface area contributed by atoms with Gasteiger partial charge in [0.25, 0.3) is 0 Å². The van der Waals surface area contributed by atoms with E-state index in [0.717, 1.165) is 16.8 Å². The van der Waals surface area contributed by atoms with Crippen molar-refractivity contribution in [2.24, 2.45) is 11.5 Å². The van der Waals surface area contributed by atoms with Gasteiger partial charge in [-0.1, -0.05) is 0 Å². The molecule has 1 amide bonds. The van der Waals surface area contributed by atoms with Crippen molar-refractivity contribution in [3.63, 3.8) is 0 Å². The van der Waals surface area contributed by atoms with Crippen LogP contribution in [0.15, 0.2) is 24.3 Å². The topological polar surface area (TPSA) is 104 Å². The minimum absolute atomic E-state index is 0.316. The van der Waals surface area contributed by atoms with Crippen LogP contribution >= 0.6 is 0 Å². The number of aryl methyl sites for hydroxylation is 1. The summed E-state index contributed by atoms with van der Waals surface area (Å²) in [5.74, 6) is 0.440. The standard InChI is InChI=1S/C14H16N4O2/c1-8-9(2)17-18-14(12(8)7-15)20-11-5-3-10(4-6-11)13(16)19/h3-6H,7,15H2,1-2H3,(H2,16,19). The molecule has 2 rings (SSSR count). The van der Waals surface area contributed by atoms with E-state index < -0.39 is 5.91 Å². The van der Waals surface area contributed by atoms with Crippen LogP contribution in [0.2, 0.25) is 0 Å². The van der Waals surface area contributed by atoms with E-state index in [0.29, 0.717) is 23.7 Å². The molecule has 104 valence electrons. The molecule has 2 aromatic rings. The van der Waals surface area contributed by atoms with Crippen LogP contribution in [0.5, 0.6) is 11.6 Å². The van der Waals surface area contributed by atoms with Crippen LogP contribution in [-0.2, 0) is 6.54 Å². The SMILES string of the molecule is Cc1nnc(Oc2ccc(C(N)=O)cc2)c(CN)c1C. The predicted molar refractivity (Wildman–Crippen MR) is 74.4 cm³/mol. The average molecular weight is 272 g/mol. The molecule has 0 atom stereocenters. The van der Waals surface area contributed by atoms with Gasteiger partial charge in [-0.3, -0.25) is 4.79 Å². The quantitative estimate of drug-likeness (QED) is 0.876. The minimum Gasteiger partial charge on any atom is -0.437 e. The van der Waals surface area contributed by atoms with Gasteiger partial charge in [-0.15, -0.1) is 5.10 Å². The van der Waals surface area contributed by atoms with Crippen LogP contribution in [0.1, 0.15) is 27.2 Å². The lowest BCUT2D eigenvalue weighted by molar-refractivity contribution is 0.100. The van der Waals surface area contributed by atoms with Crippen LogP contribution in [-0.4, -0.2) is 16.1 Å². The lowest BCUT2D eigenvalue weighted by Crippen LogP contribution is -2.10. The molecule has 0 fully saturated rings. The highest BCUT2D eigenvalue weighted by atomic mass is 16.5. The minimum atomic E-state index is -0.481. The maximum Gasteiger partial charge on any atom is 0.248 e. The molecule has 0 radical (unpaired) electrons. The number of benzene rings is 1. The number of aromatic nitrogens is 2. The number of carbonyl (C=O) groups excluding carboxylic acids is 1. The van der Waals surface area contributed by atoms with Crippen LogP contribution in [0.25, 0.3) is 0 Å². The number of hydrogen-bond acceptors (Lipinski definition) is 5. The van der Waals surface area contributed by atoms with Gasteiger partial charge in [0.2, 0.25) is 11.8 Å². The number of nitrogens with two attached hydrogens (primary N) is 2. The van der Waals surface area contributed by atoms with Gasteiger partial charge in [0.05, 0.1) is 5.69 Å². The number of carbonyl (C=O) groups is 1. The summed E-state index contributed by atoms with van der Waals surface area (Å²) >= 11 is 0. The maximum absolute atomic E-state index is 11.0. The van der Waals surface area contributed by atoms with E-state index in [-0.39, 0.29) is 0 Å². The second-order valence-corrected chi connectivity index (χ2v) is 4.39. The highest BCUT2D eigenvalue weighted by Crippen LogP contribution is 2.25. The first-order valence-electron chi connectivity index (χ1n) is 6.13. The molecule has 4 N–H and O–H groups in total. The first-order chi connectivity index (χ1) is 9.52. The van der Waals surface area contributed by atoms with E-state index in [2.05, 4.69) is 10.2 Å². The van der Waals surface area contributed by atoms with Crippen molar-refractivity contribution < 1.29 is 9.53 Å². The summed E-state index contributed by atoms with van der Waals surface area (Å²) in [6.07, 6.45) is 0. The van der Waals surface area contributed by atoms with Gasteiger partial charge in [0.15, 0.2) is 0 Å². The third kappa shape index (κ3) is 2.75. The fourth-order valence-electron chi connectivity index (χ4n) is 1.76. The van der Waals surface area contributed by atoms with Gasteiger partial charge in [-0.25, -0.2) is 0 Å². The number of ether oxygens (including phenoxy) is 1. The molecule has 0 aliphatic heterocycles. The molecular weight excluding hydrogens is 256 g/mol. The molecule has 0 unspecified atom stereocenters. The highest BCUT2D eigenvalue weighted by Gasteiger charge is 2.12. The Labute approximate surface area is 116 Å². The van der Waals surface area contributed by atoms with Gasteiger partial charge in [-0.2, -0.15) is 5.10 Å². The molecule has 1 aromatic carbocycles. The Morgan fingerprint density at radius 3 is 2.40 bits per heavy atom. The molecule has 1 aromatic heterocycles. The van der Waals surface area contributed by atoms with Crippen LogP contribution in [0.4, 0.5) is 0 Å². The Hall–Kier alpha value is -2.47. The third-order valence-corrected chi connectivity index (χ3v) is 3.10. The van der Waals surface area contributed by atoms with Crippen LogP contribution in [0.3, 0.4) is 0 Å². The summed E-state index contributed by atoms with van der Waals surface area (Å²) in [7, 11) is 0. The summed E-state index contributed by atoms with van der Waals surface area (Å²) in [6.45, 7) is 4.11. The number of primary amides is 1. The van der Waals surface area contributed by atoms with Crippen molar-refractivity contribution in [2.75, 3.05) is 0 Å². The number of amides is 1. The molecule has 0 aliphatic carbocycles. The molecule has 1 heterocycles. The molecule has 0 bridgehead atoms. The van der Waals surface area contributed by atoms with E-state index >= 15 is 0 Å². The van der Waals surface area contributed by atoms with Gasteiger partial charge >= 0.3 is 0 Å². The molecule has 0 aliphatic rings. The smallest absolute Gasteiger partial charge is 0.248 e. The highest BCUT2D eigenvalue weighted by molar-refractivity contribution is 5.92. The molecule has 0 saturated carbocycles. The predicted octanol–water partition coefficient (Wildman–Crippen LogP) is 1.44. The first kappa shape index (κ1) is 14.0. The summed E-state index contributed by atoms with van der Waals surface area (Å²) < 4.78 is 5.67. The molecule has 0 spiro atoms. The van der Waals surface area contributed by atoms with Crippen molar-refractivity contribution in [1.29, 1.82) is 0 Å². The van der Waals surface area contributed by atoms with Crippen molar-refractivity contribution in [3.8, 4) is 11.6 Å². The normalized spacial score (nSPS) is 10.3. The van der Waals surface area contributed by atoms with E-state index in [1.807, 2.05) is 13.8 Å². The lowest BCUT2D eigenvalue weighted by Gasteiger charge is -2.11. The number of rotatable bonds is 4. The fourth-order valence-corrected chi connectivity index (χ4v) is 1.76. The largest absolute Gasteiger partial charge is 0.437 e. The Bertz CT molecular complexity index is 638. The molecule has 0 saturated heterocycles. The Balaban J connectivity index is 2.30. The molecular formula is C14H16N4O2. The first-order valence-corrected chi connectivity index (χ1v) is 6.13. The molecule has 6 heteroatoms. The van der Waals surface area contributed by atoms with E-state index in [1.54, 1.807) is 24.3 Å². The Morgan fingerprint density at radius 1 is 1.20 bits per heavy atom. The van der Waals surface area contributed by atoms with Gasteiger partial charge in [0.1, 0.15) is 5.75 Å². The van der Waals surface area contributed by atoms with Crippen molar-refractivity contribution in [1.82, 2.24) is 10.2 Å². The fraction of sp³-hybridized carbons (Fsp3) is 0.214. The number of nitrogens with zero attached hydrogens (tertiary/aromatic N) is 2. The zero-order valence-corrected chi connectivity index (χ0v) is 11.4. The van der Waals surface area contributed by atoms with E-state index in [1.165, 1.54) is 0 Å². The van der Waals surface area contributed by atoms with Crippen LogP contribution in [0, 0.1) is 13.8 Å². The summed E-state index contributed by atoms with van der Waals surface area (Å²) in [4.78, 5) is 11.0. The Kier molecular flexibility index (Phi) is 3.95. The van der Waals surface area contributed by atoms with Crippen LogP contribution < -0.4 is 16.2 Å². The lowest BCUT2D eigenvalue weighted by atomic mass is 10.1. The molecule has 20 heavy (non-hydrogen) atoms. The van der Waals surface area contributed by atoms with Crippen molar-refractivity contribution in [3.05, 3.63) is 46.6 Å². The van der Waals surface area contributed by atoms with Gasteiger partial charge in [-0.05, 0) is 43.7 Å². The van der Waals surface area contributed by atoms with E-state index in [4.69, 9.17) is 16.2 Å². The monoisotopic (exact) mass is 272 g/mol. The molecule has 6 nitrogen and oxygen atoms in total. The zero-order valence-electron chi connectivity index (χ0n) is 11.4. The average Bonchev–Trinajstić information content (AvgIpc) is 2.44. The second kappa shape index (κ2) is 5.66. The maximum atomic E-state index is 11.0. The second-order valence-electron chi connectivity index (χ2n) is 4.39. The summed E-state index contributed by atoms with van der Waals surface area (Å²) in [5.41, 5.74) is 13.9. The van der Waals surface area contributed by atoms with Gasteiger partial charge in [0, 0.05) is 17.7 Å². The number of hydrogen-bond donors (Lipinski definition) is 2.